The van der Waals surface area contributed by atoms with Gasteiger partial charge >= 0.3 is 0 Å². The number of carbonyl (C=O) groups is 1. The van der Waals surface area contributed by atoms with Crippen LogP contribution >= 0.6 is 11.3 Å². The average molecular weight is 338 g/mol. The van der Waals surface area contributed by atoms with Crippen LogP contribution in [-0.4, -0.2) is 18.0 Å². The van der Waals surface area contributed by atoms with Crippen molar-refractivity contribution >= 4 is 17.2 Å². The van der Waals surface area contributed by atoms with Crippen LogP contribution < -0.4 is 10.1 Å². The van der Waals surface area contributed by atoms with Gasteiger partial charge < -0.3 is 10.1 Å². The van der Waals surface area contributed by atoms with Gasteiger partial charge in [-0.2, -0.15) is 11.3 Å². The van der Waals surface area contributed by atoms with Gasteiger partial charge in [0, 0.05) is 17.1 Å². The third-order valence-electron chi connectivity index (χ3n) is 3.81. The van der Waals surface area contributed by atoms with Crippen molar-refractivity contribution < 1.29 is 9.53 Å². The summed E-state index contributed by atoms with van der Waals surface area (Å²) in [6.07, 6.45) is 1.61. The van der Waals surface area contributed by atoms with Crippen LogP contribution in [0.3, 0.4) is 0 Å². The minimum atomic E-state index is -0.136. The fourth-order valence-electron chi connectivity index (χ4n) is 2.37. The monoisotopic (exact) mass is 338 g/mol. The molecule has 24 heavy (non-hydrogen) atoms. The van der Waals surface area contributed by atoms with E-state index < -0.39 is 0 Å². The highest BCUT2D eigenvalue weighted by atomic mass is 32.1. The molecule has 3 aromatic rings. The number of thiophene rings is 1. The lowest BCUT2D eigenvalue weighted by atomic mass is 10.1. The summed E-state index contributed by atoms with van der Waals surface area (Å²) in [5, 5.41) is 7.03. The van der Waals surface area contributed by atoms with Gasteiger partial charge in [-0.15, -0.1) is 0 Å². The fourth-order valence-corrected chi connectivity index (χ4v) is 3.01. The predicted octanol–water partition coefficient (Wildman–Crippen LogP) is 4.31. The third kappa shape index (κ3) is 3.63. The van der Waals surface area contributed by atoms with Crippen molar-refractivity contribution in [1.82, 2.24) is 10.3 Å². The molecule has 0 aliphatic rings. The molecule has 1 N–H and O–H groups in total. The van der Waals surface area contributed by atoms with Gasteiger partial charge in [0.25, 0.3) is 5.91 Å². The molecule has 0 radical (unpaired) electrons. The van der Waals surface area contributed by atoms with E-state index in [4.69, 9.17) is 4.74 Å². The normalized spacial score (nSPS) is 11.8. The largest absolute Gasteiger partial charge is 0.497 e. The van der Waals surface area contributed by atoms with Crippen LogP contribution in [0.2, 0.25) is 0 Å². The second-order valence-electron chi connectivity index (χ2n) is 5.41. The highest BCUT2D eigenvalue weighted by molar-refractivity contribution is 7.08. The zero-order valence-corrected chi connectivity index (χ0v) is 14.3. The SMILES string of the molecule is COc1ccc(C(C)NC(=O)c2ccc(-c3ccsc3)nc2)cc1. The maximum absolute atomic E-state index is 12.4. The Morgan fingerprint density at radius 2 is 1.96 bits per heavy atom. The van der Waals surface area contributed by atoms with Crippen molar-refractivity contribution in [2.75, 3.05) is 7.11 Å². The molecule has 1 atom stereocenters. The molecular weight excluding hydrogens is 320 g/mol. The summed E-state index contributed by atoms with van der Waals surface area (Å²) < 4.78 is 5.15. The smallest absolute Gasteiger partial charge is 0.253 e. The van der Waals surface area contributed by atoms with E-state index >= 15 is 0 Å². The highest BCUT2D eigenvalue weighted by Gasteiger charge is 2.12. The van der Waals surface area contributed by atoms with Crippen molar-refractivity contribution in [1.29, 1.82) is 0 Å². The Morgan fingerprint density at radius 1 is 1.17 bits per heavy atom. The number of aromatic nitrogens is 1. The number of rotatable bonds is 5. The molecule has 122 valence electrons. The Hall–Kier alpha value is -2.66. The van der Waals surface area contributed by atoms with Crippen LogP contribution in [0.1, 0.15) is 28.9 Å². The van der Waals surface area contributed by atoms with Gasteiger partial charge in [0.15, 0.2) is 0 Å². The number of pyridine rings is 1. The first-order valence-electron chi connectivity index (χ1n) is 7.61. The third-order valence-corrected chi connectivity index (χ3v) is 4.49. The Morgan fingerprint density at radius 3 is 2.54 bits per heavy atom. The topological polar surface area (TPSA) is 51.2 Å². The molecule has 0 aliphatic heterocycles. The molecular formula is C19H18N2O2S. The van der Waals surface area contributed by atoms with Crippen LogP contribution in [0.5, 0.6) is 5.75 Å². The molecule has 1 aromatic carbocycles. The number of carbonyl (C=O) groups excluding carboxylic acids is 1. The maximum atomic E-state index is 12.4. The lowest BCUT2D eigenvalue weighted by Gasteiger charge is -2.15. The molecule has 0 spiro atoms. The molecule has 0 fully saturated rings. The summed E-state index contributed by atoms with van der Waals surface area (Å²) in [7, 11) is 1.63. The van der Waals surface area contributed by atoms with Crippen LogP contribution in [0.4, 0.5) is 0 Å². The second kappa shape index (κ2) is 7.27. The van der Waals surface area contributed by atoms with Crippen molar-refractivity contribution in [2.24, 2.45) is 0 Å². The Bertz CT molecular complexity index is 796. The summed E-state index contributed by atoms with van der Waals surface area (Å²) >= 11 is 1.63. The van der Waals surface area contributed by atoms with Crippen molar-refractivity contribution in [3.05, 3.63) is 70.5 Å². The summed E-state index contributed by atoms with van der Waals surface area (Å²) in [5.74, 6) is 0.660. The molecule has 5 heteroatoms. The molecule has 2 aromatic heterocycles. The van der Waals surface area contributed by atoms with Crippen LogP contribution in [0.25, 0.3) is 11.3 Å². The molecule has 0 saturated carbocycles. The fraction of sp³-hybridized carbons (Fsp3) is 0.158. The number of benzene rings is 1. The zero-order chi connectivity index (χ0) is 16.9. The maximum Gasteiger partial charge on any atom is 0.253 e. The van der Waals surface area contributed by atoms with Crippen LogP contribution in [-0.2, 0) is 0 Å². The van der Waals surface area contributed by atoms with Crippen LogP contribution in [0, 0.1) is 0 Å². The molecule has 0 aliphatic carbocycles. The van der Waals surface area contributed by atoms with Crippen LogP contribution in [0.15, 0.2) is 59.4 Å². The quantitative estimate of drug-likeness (QED) is 0.754. The number of hydrogen-bond donors (Lipinski definition) is 1. The first kappa shape index (κ1) is 16.2. The van der Waals surface area contributed by atoms with Gasteiger partial charge in [0.2, 0.25) is 0 Å². The van der Waals surface area contributed by atoms with Crippen molar-refractivity contribution in [3.8, 4) is 17.0 Å². The molecule has 1 amide bonds. The van der Waals surface area contributed by atoms with Gasteiger partial charge in [-0.3, -0.25) is 9.78 Å². The van der Waals surface area contributed by atoms with E-state index in [0.717, 1.165) is 22.6 Å². The summed E-state index contributed by atoms with van der Waals surface area (Å²) in [5.41, 5.74) is 3.51. The Kier molecular flexibility index (Phi) is 4.91. The number of ether oxygens (including phenoxy) is 1. The molecule has 3 rings (SSSR count). The number of nitrogens with one attached hydrogen (secondary N) is 1. The number of nitrogens with zero attached hydrogens (tertiary/aromatic N) is 1. The lowest BCUT2D eigenvalue weighted by molar-refractivity contribution is 0.0939. The molecule has 1 unspecified atom stereocenters. The summed E-state index contributed by atoms with van der Waals surface area (Å²) in [6, 6.07) is 13.2. The lowest BCUT2D eigenvalue weighted by Crippen LogP contribution is -2.26. The van der Waals surface area contributed by atoms with E-state index in [2.05, 4.69) is 10.3 Å². The van der Waals surface area contributed by atoms with E-state index in [1.54, 1.807) is 30.7 Å². The molecule has 0 saturated heterocycles. The summed E-state index contributed by atoms with van der Waals surface area (Å²) in [4.78, 5) is 16.7. The molecule has 2 heterocycles. The molecule has 4 nitrogen and oxygen atoms in total. The van der Waals surface area contributed by atoms with Gasteiger partial charge in [0.05, 0.1) is 24.4 Å². The van der Waals surface area contributed by atoms with E-state index in [9.17, 15) is 4.79 Å². The minimum Gasteiger partial charge on any atom is -0.497 e. The van der Waals surface area contributed by atoms with Gasteiger partial charge in [-0.25, -0.2) is 0 Å². The van der Waals surface area contributed by atoms with Gasteiger partial charge in [-0.1, -0.05) is 12.1 Å². The van der Waals surface area contributed by atoms with Gasteiger partial charge in [-0.05, 0) is 48.2 Å². The number of hydrogen-bond acceptors (Lipinski definition) is 4. The molecule has 0 bridgehead atoms. The summed E-state index contributed by atoms with van der Waals surface area (Å²) in [6.45, 7) is 1.95. The van der Waals surface area contributed by atoms with E-state index in [-0.39, 0.29) is 11.9 Å². The van der Waals surface area contributed by atoms with E-state index in [0.29, 0.717) is 5.56 Å². The number of methoxy groups -OCH3 is 1. The number of amides is 1. The van der Waals surface area contributed by atoms with Crippen molar-refractivity contribution in [3.63, 3.8) is 0 Å². The predicted molar refractivity (Wildman–Crippen MR) is 96.4 cm³/mol. The first-order chi connectivity index (χ1) is 11.7. The van der Waals surface area contributed by atoms with E-state index in [1.807, 2.05) is 54.1 Å². The Balaban J connectivity index is 1.67. The van der Waals surface area contributed by atoms with Crippen molar-refractivity contribution in [2.45, 2.75) is 13.0 Å². The first-order valence-corrected chi connectivity index (χ1v) is 8.55. The Labute approximate surface area is 145 Å². The van der Waals surface area contributed by atoms with E-state index in [1.165, 1.54) is 0 Å². The average Bonchev–Trinajstić information content (AvgIpc) is 3.16. The second-order valence-corrected chi connectivity index (χ2v) is 6.19. The zero-order valence-electron chi connectivity index (χ0n) is 13.5. The van der Waals surface area contributed by atoms with Gasteiger partial charge in [0.1, 0.15) is 5.75 Å². The minimum absolute atomic E-state index is 0.0973. The standard InChI is InChI=1S/C19H18N2O2S/c1-13(14-3-6-17(23-2)7-4-14)21-19(22)15-5-8-18(20-11-15)16-9-10-24-12-16/h3-13H,1-2H3,(H,21,22). The highest BCUT2D eigenvalue weighted by Crippen LogP contribution is 2.21.